The molecule has 1 aromatic carbocycles. The Bertz CT molecular complexity index is 821. The van der Waals surface area contributed by atoms with Crippen LogP contribution in [0.5, 0.6) is 0 Å². The topological polar surface area (TPSA) is 14.2 Å². The van der Waals surface area contributed by atoms with E-state index < -0.39 is 0 Å². The van der Waals surface area contributed by atoms with Crippen LogP contribution in [0, 0.1) is 4.51 Å². The molecule has 0 spiro atoms. The molecular formula is C20H22FNOS. The van der Waals surface area contributed by atoms with Gasteiger partial charge in [-0.05, 0) is 54.4 Å². The van der Waals surface area contributed by atoms with Crippen molar-refractivity contribution in [2.45, 2.75) is 38.5 Å². The van der Waals surface area contributed by atoms with Crippen molar-refractivity contribution in [1.29, 1.82) is 0 Å². The Balaban J connectivity index is 2.14. The summed E-state index contributed by atoms with van der Waals surface area (Å²) < 4.78 is 16.6. The lowest BCUT2D eigenvalue weighted by Crippen LogP contribution is -2.08. The standard InChI is InChI=1S/C20H22FNOS/c1-3-6-16(21)11-15-7-4-5-8-17(15)19-13-22(23-2)12-18(20(19)24)14-9-10-14/h4-5,7-8,11-14H,3,6,9-10H2,1-2H3/b16-11-. The zero-order valence-electron chi connectivity index (χ0n) is 14.1. The van der Waals surface area contributed by atoms with Crippen LogP contribution in [-0.4, -0.2) is 11.8 Å². The van der Waals surface area contributed by atoms with E-state index in [9.17, 15) is 4.39 Å². The van der Waals surface area contributed by atoms with Gasteiger partial charge in [-0.2, -0.15) is 4.73 Å². The lowest BCUT2D eigenvalue weighted by Gasteiger charge is -2.14. The summed E-state index contributed by atoms with van der Waals surface area (Å²) in [7, 11) is 1.64. The Labute approximate surface area is 147 Å². The second-order valence-electron chi connectivity index (χ2n) is 6.20. The molecule has 0 atom stereocenters. The van der Waals surface area contributed by atoms with Gasteiger partial charge in [-0.1, -0.05) is 43.4 Å². The van der Waals surface area contributed by atoms with Gasteiger partial charge in [-0.25, -0.2) is 4.39 Å². The summed E-state index contributed by atoms with van der Waals surface area (Å²) >= 11 is 5.74. The number of nitrogens with zero attached hydrogens (tertiary/aromatic N) is 1. The Morgan fingerprint density at radius 2 is 2.04 bits per heavy atom. The van der Waals surface area contributed by atoms with Crippen molar-refractivity contribution >= 4 is 18.3 Å². The molecule has 0 N–H and O–H groups in total. The number of aromatic nitrogens is 1. The predicted octanol–water partition coefficient (Wildman–Crippen LogP) is 5.93. The first-order valence-electron chi connectivity index (χ1n) is 8.40. The Morgan fingerprint density at radius 1 is 1.29 bits per heavy atom. The molecule has 0 saturated heterocycles. The van der Waals surface area contributed by atoms with Gasteiger partial charge in [0.25, 0.3) is 0 Å². The maximum absolute atomic E-state index is 14.1. The van der Waals surface area contributed by atoms with Crippen molar-refractivity contribution < 1.29 is 9.23 Å². The predicted molar refractivity (Wildman–Crippen MR) is 99.2 cm³/mol. The van der Waals surface area contributed by atoms with Gasteiger partial charge in [0, 0.05) is 11.8 Å². The van der Waals surface area contributed by atoms with Crippen LogP contribution < -0.4 is 4.84 Å². The van der Waals surface area contributed by atoms with Gasteiger partial charge >= 0.3 is 0 Å². The number of rotatable bonds is 6. The summed E-state index contributed by atoms with van der Waals surface area (Å²) in [5.74, 6) is 0.423. The van der Waals surface area contributed by atoms with E-state index in [1.165, 1.54) is 12.8 Å². The Morgan fingerprint density at radius 3 is 2.71 bits per heavy atom. The smallest absolute Gasteiger partial charge is 0.104 e. The molecule has 4 heteroatoms. The van der Waals surface area contributed by atoms with Gasteiger partial charge in [-0.15, -0.1) is 0 Å². The number of pyridine rings is 1. The van der Waals surface area contributed by atoms with E-state index in [0.29, 0.717) is 12.3 Å². The third-order valence-electron chi connectivity index (χ3n) is 4.31. The summed E-state index contributed by atoms with van der Waals surface area (Å²) in [5.41, 5.74) is 3.87. The van der Waals surface area contributed by atoms with Gasteiger partial charge < -0.3 is 4.84 Å². The van der Waals surface area contributed by atoms with Gasteiger partial charge in [0.2, 0.25) is 0 Å². The van der Waals surface area contributed by atoms with Crippen LogP contribution in [-0.2, 0) is 0 Å². The average molecular weight is 343 g/mol. The second-order valence-corrected chi connectivity index (χ2v) is 6.61. The third-order valence-corrected chi connectivity index (χ3v) is 4.76. The third kappa shape index (κ3) is 3.59. The summed E-state index contributed by atoms with van der Waals surface area (Å²) in [5, 5.41) is 0. The first-order valence-corrected chi connectivity index (χ1v) is 8.81. The Kier molecular flexibility index (Phi) is 5.14. The fraction of sp³-hybridized carbons (Fsp3) is 0.350. The highest BCUT2D eigenvalue weighted by atomic mass is 32.1. The minimum absolute atomic E-state index is 0.103. The normalized spacial score (nSPS) is 14.7. The van der Waals surface area contributed by atoms with E-state index >= 15 is 0 Å². The molecule has 1 aliphatic carbocycles. The average Bonchev–Trinajstić information content (AvgIpc) is 3.41. The van der Waals surface area contributed by atoms with Crippen molar-refractivity contribution in [1.82, 2.24) is 4.73 Å². The van der Waals surface area contributed by atoms with Gasteiger partial charge in [0.1, 0.15) is 12.9 Å². The fourth-order valence-electron chi connectivity index (χ4n) is 2.90. The summed E-state index contributed by atoms with van der Waals surface area (Å²) in [6.07, 6.45) is 9.06. The van der Waals surface area contributed by atoms with E-state index in [1.807, 2.05) is 43.6 Å². The van der Waals surface area contributed by atoms with Crippen LogP contribution in [0.2, 0.25) is 0 Å². The molecule has 3 rings (SSSR count). The van der Waals surface area contributed by atoms with Crippen LogP contribution in [0.25, 0.3) is 17.2 Å². The molecule has 1 saturated carbocycles. The van der Waals surface area contributed by atoms with Crippen LogP contribution in [0.15, 0.2) is 42.5 Å². The molecule has 1 aromatic heterocycles. The maximum Gasteiger partial charge on any atom is 0.104 e. The Hall–Kier alpha value is -1.94. The lowest BCUT2D eigenvalue weighted by atomic mass is 9.98. The molecule has 1 heterocycles. The number of hydrogen-bond donors (Lipinski definition) is 0. The van der Waals surface area contributed by atoms with Crippen LogP contribution >= 0.6 is 12.2 Å². The summed E-state index contributed by atoms with van der Waals surface area (Å²) in [6, 6.07) is 7.81. The highest BCUT2D eigenvalue weighted by molar-refractivity contribution is 7.71. The SMILES string of the molecule is CCC/C(F)=C/c1ccccc1-c1cn(OC)cc(C2CC2)c1=S. The molecule has 0 unspecified atom stereocenters. The zero-order valence-corrected chi connectivity index (χ0v) is 14.9. The van der Waals surface area contributed by atoms with E-state index in [0.717, 1.165) is 33.2 Å². The molecule has 2 nitrogen and oxygen atoms in total. The van der Waals surface area contributed by atoms with Crippen molar-refractivity contribution in [2.75, 3.05) is 7.11 Å². The highest BCUT2D eigenvalue weighted by Crippen LogP contribution is 2.42. The van der Waals surface area contributed by atoms with Crippen LogP contribution in [0.1, 0.15) is 49.7 Å². The molecule has 126 valence electrons. The molecule has 0 bridgehead atoms. The number of hydrogen-bond acceptors (Lipinski definition) is 2. The number of halogens is 1. The number of allylic oxidation sites excluding steroid dienone is 1. The quantitative estimate of drug-likeness (QED) is 0.603. The van der Waals surface area contributed by atoms with Crippen molar-refractivity contribution in [2.24, 2.45) is 0 Å². The highest BCUT2D eigenvalue weighted by Gasteiger charge is 2.26. The van der Waals surface area contributed by atoms with Crippen LogP contribution in [0.4, 0.5) is 4.39 Å². The monoisotopic (exact) mass is 343 g/mol. The summed E-state index contributed by atoms with van der Waals surface area (Å²) in [4.78, 5) is 5.39. The number of benzene rings is 1. The van der Waals surface area contributed by atoms with E-state index in [1.54, 1.807) is 17.9 Å². The molecular weight excluding hydrogens is 321 g/mol. The van der Waals surface area contributed by atoms with Crippen molar-refractivity contribution in [3.05, 3.63) is 58.1 Å². The van der Waals surface area contributed by atoms with Crippen LogP contribution in [0.3, 0.4) is 0 Å². The molecule has 0 amide bonds. The lowest BCUT2D eigenvalue weighted by molar-refractivity contribution is 0.165. The molecule has 1 fully saturated rings. The van der Waals surface area contributed by atoms with Gasteiger partial charge in [0.05, 0.1) is 10.7 Å². The molecule has 24 heavy (non-hydrogen) atoms. The van der Waals surface area contributed by atoms with Gasteiger partial charge in [0.15, 0.2) is 0 Å². The van der Waals surface area contributed by atoms with E-state index in [2.05, 4.69) is 0 Å². The summed E-state index contributed by atoms with van der Waals surface area (Å²) in [6.45, 7) is 1.97. The zero-order chi connectivity index (χ0) is 17.1. The minimum atomic E-state index is -0.103. The molecule has 2 aromatic rings. The maximum atomic E-state index is 14.1. The van der Waals surface area contributed by atoms with E-state index in [4.69, 9.17) is 17.1 Å². The largest absolute Gasteiger partial charge is 0.418 e. The first kappa shape index (κ1) is 16.9. The van der Waals surface area contributed by atoms with Crippen molar-refractivity contribution in [3.8, 4) is 11.1 Å². The van der Waals surface area contributed by atoms with E-state index in [-0.39, 0.29) is 5.83 Å². The van der Waals surface area contributed by atoms with Crippen molar-refractivity contribution in [3.63, 3.8) is 0 Å². The molecule has 0 aliphatic heterocycles. The first-order chi connectivity index (χ1) is 11.6. The molecule has 1 aliphatic rings. The second kappa shape index (κ2) is 7.31. The van der Waals surface area contributed by atoms with Gasteiger partial charge in [-0.3, -0.25) is 0 Å². The minimum Gasteiger partial charge on any atom is -0.418 e. The molecule has 0 radical (unpaired) electrons. The fourth-order valence-corrected chi connectivity index (χ4v) is 3.29.